The quantitative estimate of drug-likeness (QED) is 0.792. The number of hydrogen-bond acceptors (Lipinski definition) is 5. The third-order valence-electron chi connectivity index (χ3n) is 6.33. The number of rotatable bonds is 4. The van der Waals surface area contributed by atoms with Crippen molar-refractivity contribution in [3.63, 3.8) is 0 Å². The predicted octanol–water partition coefficient (Wildman–Crippen LogP) is 2.34. The summed E-state index contributed by atoms with van der Waals surface area (Å²) < 4.78 is 17.0. The molecule has 2 bridgehead atoms. The molecule has 2 aromatic rings. The molecule has 4 aliphatic rings. The number of carbonyl (C=O) groups is 2. The molecule has 2 aromatic carbocycles. The van der Waals surface area contributed by atoms with Gasteiger partial charge in [-0.2, -0.15) is 0 Å². The minimum absolute atomic E-state index is 0.0484. The normalized spacial score (nSPS) is 30.1. The van der Waals surface area contributed by atoms with Crippen LogP contribution in [0.2, 0.25) is 0 Å². The molecule has 4 heterocycles. The molecular formula is C23H20N2O5. The fourth-order valence-electron chi connectivity index (χ4n) is 5.02. The number of anilines is 1. The zero-order valence-corrected chi connectivity index (χ0v) is 16.1. The Morgan fingerprint density at radius 3 is 2.83 bits per heavy atom. The van der Waals surface area contributed by atoms with Crippen LogP contribution in [0.4, 0.5) is 5.69 Å². The summed E-state index contributed by atoms with van der Waals surface area (Å²) in [6.07, 6.45) is 3.52. The first kappa shape index (κ1) is 17.5. The van der Waals surface area contributed by atoms with Crippen LogP contribution in [-0.2, 0) is 20.9 Å². The lowest BCUT2D eigenvalue weighted by molar-refractivity contribution is -0.136. The van der Waals surface area contributed by atoms with Gasteiger partial charge in [-0.05, 0) is 29.8 Å². The third kappa shape index (κ3) is 2.55. The van der Waals surface area contributed by atoms with Crippen LogP contribution in [0.5, 0.6) is 11.5 Å². The van der Waals surface area contributed by atoms with Crippen LogP contribution in [0.25, 0.3) is 0 Å². The smallest absolute Gasteiger partial charge is 0.231 e. The van der Waals surface area contributed by atoms with Gasteiger partial charge in [0.05, 0.1) is 24.5 Å². The summed E-state index contributed by atoms with van der Waals surface area (Å²) in [5.41, 5.74) is 0.940. The SMILES string of the molecule is O=C(Nc1ccccc1)[C@H]1[C@H]2C(=O)N(Cc3ccc4c(c3)OCO4)C[C@]23C=C[C@H]1O3. The van der Waals surface area contributed by atoms with Crippen molar-refractivity contribution in [2.24, 2.45) is 11.8 Å². The van der Waals surface area contributed by atoms with E-state index in [-0.39, 0.29) is 24.7 Å². The van der Waals surface area contributed by atoms with Gasteiger partial charge in [0, 0.05) is 12.2 Å². The van der Waals surface area contributed by atoms with Crippen molar-refractivity contribution in [2.45, 2.75) is 18.2 Å². The summed E-state index contributed by atoms with van der Waals surface area (Å²) in [6, 6.07) is 15.0. The van der Waals surface area contributed by atoms with Crippen LogP contribution < -0.4 is 14.8 Å². The molecule has 0 aliphatic carbocycles. The summed E-state index contributed by atoms with van der Waals surface area (Å²) in [5, 5.41) is 2.94. The van der Waals surface area contributed by atoms with Crippen molar-refractivity contribution in [1.82, 2.24) is 4.90 Å². The molecule has 7 heteroatoms. The molecular weight excluding hydrogens is 384 g/mol. The Balaban J connectivity index is 1.24. The summed E-state index contributed by atoms with van der Waals surface area (Å²) in [7, 11) is 0. The fraction of sp³-hybridized carbons (Fsp3) is 0.304. The van der Waals surface area contributed by atoms with Gasteiger partial charge in [0.2, 0.25) is 18.6 Å². The highest BCUT2D eigenvalue weighted by Crippen LogP contribution is 2.52. The van der Waals surface area contributed by atoms with Gasteiger partial charge < -0.3 is 24.4 Å². The molecule has 152 valence electrons. The first-order chi connectivity index (χ1) is 14.6. The van der Waals surface area contributed by atoms with Crippen molar-refractivity contribution in [2.75, 3.05) is 18.7 Å². The van der Waals surface area contributed by atoms with Crippen molar-refractivity contribution in [3.8, 4) is 11.5 Å². The van der Waals surface area contributed by atoms with Crippen LogP contribution in [0.15, 0.2) is 60.7 Å². The molecule has 0 saturated carbocycles. The van der Waals surface area contributed by atoms with Gasteiger partial charge in [-0.15, -0.1) is 0 Å². The Morgan fingerprint density at radius 1 is 1.13 bits per heavy atom. The Kier molecular flexibility index (Phi) is 3.70. The van der Waals surface area contributed by atoms with E-state index < -0.39 is 17.4 Å². The molecule has 0 radical (unpaired) electrons. The van der Waals surface area contributed by atoms with Gasteiger partial charge in [0.25, 0.3) is 0 Å². The number of nitrogens with zero attached hydrogens (tertiary/aromatic N) is 1. The molecule has 0 aromatic heterocycles. The third-order valence-corrected chi connectivity index (χ3v) is 6.33. The summed E-state index contributed by atoms with van der Waals surface area (Å²) >= 11 is 0. The molecule has 2 saturated heterocycles. The van der Waals surface area contributed by atoms with Gasteiger partial charge >= 0.3 is 0 Å². The van der Waals surface area contributed by atoms with Gasteiger partial charge in [-0.3, -0.25) is 9.59 Å². The summed E-state index contributed by atoms with van der Waals surface area (Å²) in [5.74, 6) is 0.127. The van der Waals surface area contributed by atoms with E-state index in [1.54, 1.807) is 4.90 Å². The zero-order chi connectivity index (χ0) is 20.3. The predicted molar refractivity (Wildman–Crippen MR) is 107 cm³/mol. The van der Waals surface area contributed by atoms with Crippen LogP contribution in [0.3, 0.4) is 0 Å². The van der Waals surface area contributed by atoms with E-state index in [4.69, 9.17) is 14.2 Å². The first-order valence-electron chi connectivity index (χ1n) is 10.0. The standard InChI is InChI=1S/C23H20N2O5/c26-21(24-15-4-2-1-3-5-15)19-17-8-9-23(30-17)12-25(22(27)20(19)23)11-14-6-7-16-18(10-14)29-13-28-16/h1-10,17,19-20H,11-13H2,(H,24,26)/t17-,19-,20+,23-/m1/s1. The molecule has 30 heavy (non-hydrogen) atoms. The van der Waals surface area contributed by atoms with Crippen LogP contribution in [-0.4, -0.2) is 41.8 Å². The minimum Gasteiger partial charge on any atom is -0.454 e. The van der Waals surface area contributed by atoms with Crippen molar-refractivity contribution in [1.29, 1.82) is 0 Å². The van der Waals surface area contributed by atoms with E-state index in [0.717, 1.165) is 5.56 Å². The zero-order valence-electron chi connectivity index (χ0n) is 16.1. The molecule has 6 rings (SSSR count). The number of fused-ring (bicyclic) bond motifs is 2. The maximum atomic E-state index is 13.4. The van der Waals surface area contributed by atoms with Crippen molar-refractivity contribution >= 4 is 17.5 Å². The fourth-order valence-corrected chi connectivity index (χ4v) is 5.02. The van der Waals surface area contributed by atoms with Crippen LogP contribution >= 0.6 is 0 Å². The summed E-state index contributed by atoms with van der Waals surface area (Å²) in [4.78, 5) is 28.2. The molecule has 0 unspecified atom stereocenters. The second-order valence-corrected chi connectivity index (χ2v) is 8.14. The Labute approximate surface area is 173 Å². The van der Waals surface area contributed by atoms with E-state index in [0.29, 0.717) is 30.3 Å². The highest BCUT2D eigenvalue weighted by atomic mass is 16.7. The van der Waals surface area contributed by atoms with Gasteiger partial charge in [-0.25, -0.2) is 0 Å². The average molecular weight is 404 g/mol. The number of likely N-dealkylation sites (tertiary alicyclic amines) is 1. The molecule has 1 spiro atoms. The van der Waals surface area contributed by atoms with Crippen molar-refractivity contribution < 1.29 is 23.8 Å². The highest BCUT2D eigenvalue weighted by molar-refractivity contribution is 5.99. The van der Waals surface area contributed by atoms with Crippen molar-refractivity contribution in [3.05, 3.63) is 66.2 Å². The Bertz CT molecular complexity index is 1070. The number of ether oxygens (including phenoxy) is 3. The molecule has 4 aliphatic heterocycles. The molecule has 2 fully saturated rings. The Morgan fingerprint density at radius 2 is 1.97 bits per heavy atom. The Hall–Kier alpha value is -3.32. The average Bonchev–Trinajstić information content (AvgIpc) is 3.50. The highest BCUT2D eigenvalue weighted by Gasteiger charge is 2.66. The molecule has 2 amide bonds. The second kappa shape index (κ2) is 6.34. The van der Waals surface area contributed by atoms with Crippen LogP contribution in [0.1, 0.15) is 5.56 Å². The van der Waals surface area contributed by atoms with E-state index >= 15 is 0 Å². The van der Waals surface area contributed by atoms with Gasteiger partial charge in [0.15, 0.2) is 11.5 Å². The second-order valence-electron chi connectivity index (χ2n) is 8.14. The maximum absolute atomic E-state index is 13.4. The van der Waals surface area contributed by atoms with E-state index in [2.05, 4.69) is 5.32 Å². The van der Waals surface area contributed by atoms with Gasteiger partial charge in [0.1, 0.15) is 5.60 Å². The monoisotopic (exact) mass is 404 g/mol. The van der Waals surface area contributed by atoms with Crippen LogP contribution in [0, 0.1) is 11.8 Å². The lowest BCUT2D eigenvalue weighted by Gasteiger charge is -2.23. The molecule has 1 N–H and O–H groups in total. The lowest BCUT2D eigenvalue weighted by atomic mass is 9.77. The lowest BCUT2D eigenvalue weighted by Crippen LogP contribution is -2.41. The van der Waals surface area contributed by atoms with E-state index in [1.807, 2.05) is 60.7 Å². The first-order valence-corrected chi connectivity index (χ1v) is 10.0. The number of benzene rings is 2. The number of amides is 2. The van der Waals surface area contributed by atoms with E-state index in [9.17, 15) is 9.59 Å². The summed E-state index contributed by atoms with van der Waals surface area (Å²) in [6.45, 7) is 1.08. The molecule has 7 nitrogen and oxygen atoms in total. The number of para-hydroxylation sites is 1. The number of carbonyl (C=O) groups excluding carboxylic acids is 2. The van der Waals surface area contributed by atoms with Gasteiger partial charge in [-0.1, -0.05) is 36.4 Å². The van der Waals surface area contributed by atoms with E-state index in [1.165, 1.54) is 0 Å². The largest absolute Gasteiger partial charge is 0.454 e. The maximum Gasteiger partial charge on any atom is 0.231 e. The number of nitrogens with one attached hydrogen (secondary N) is 1. The molecule has 4 atom stereocenters. The topological polar surface area (TPSA) is 77.1 Å². The number of hydrogen-bond donors (Lipinski definition) is 1. The minimum atomic E-state index is -0.725.